The molecule has 1 aliphatic heterocycles. The van der Waals surface area contributed by atoms with Gasteiger partial charge in [0.2, 0.25) is 0 Å². The molecule has 1 amide bonds. The largest absolute Gasteiger partial charge is 0.493 e. The lowest BCUT2D eigenvalue weighted by Gasteiger charge is -2.27. The van der Waals surface area contributed by atoms with Crippen molar-refractivity contribution in [3.63, 3.8) is 0 Å². The Morgan fingerprint density at radius 1 is 1.06 bits per heavy atom. The van der Waals surface area contributed by atoms with Crippen LogP contribution in [0.3, 0.4) is 0 Å². The molecular weight excluding hydrogens is 418 g/mol. The van der Waals surface area contributed by atoms with Crippen LogP contribution in [0.1, 0.15) is 53.0 Å². The lowest BCUT2D eigenvalue weighted by atomic mass is 9.95. The first kappa shape index (κ1) is 22.9. The topological polar surface area (TPSA) is 76.7 Å². The van der Waals surface area contributed by atoms with E-state index >= 15 is 0 Å². The van der Waals surface area contributed by atoms with Gasteiger partial charge in [-0.05, 0) is 37.5 Å². The van der Waals surface area contributed by atoms with Gasteiger partial charge in [-0.3, -0.25) is 9.89 Å². The Kier molecular flexibility index (Phi) is 6.99. The Balaban J connectivity index is 1.79. The molecule has 1 unspecified atom stereocenters. The summed E-state index contributed by atoms with van der Waals surface area (Å²) in [6, 6.07) is 13.8. The normalized spacial score (nSPS) is 15.1. The highest BCUT2D eigenvalue weighted by atomic mass is 16.5. The van der Waals surface area contributed by atoms with E-state index in [2.05, 4.69) is 36.2 Å². The van der Waals surface area contributed by atoms with E-state index in [1.807, 2.05) is 35.2 Å². The smallest absolute Gasteiger partial charge is 0.273 e. The second-order valence-electron chi connectivity index (χ2n) is 8.23. The fourth-order valence-electron chi connectivity index (χ4n) is 4.27. The first-order chi connectivity index (χ1) is 16.1. The molecule has 0 radical (unpaired) electrons. The van der Waals surface area contributed by atoms with E-state index in [4.69, 9.17) is 14.2 Å². The van der Waals surface area contributed by atoms with Crippen molar-refractivity contribution in [3.8, 4) is 22.8 Å². The van der Waals surface area contributed by atoms with Crippen LogP contribution in [0.15, 0.2) is 42.5 Å². The van der Waals surface area contributed by atoms with Crippen LogP contribution in [-0.4, -0.2) is 55.0 Å². The zero-order valence-electron chi connectivity index (χ0n) is 19.7. The van der Waals surface area contributed by atoms with Gasteiger partial charge in [-0.25, -0.2) is 0 Å². The summed E-state index contributed by atoms with van der Waals surface area (Å²) in [5.74, 6) is 1.30. The third-order valence-corrected chi connectivity index (χ3v) is 5.90. The van der Waals surface area contributed by atoms with Gasteiger partial charge >= 0.3 is 0 Å². The highest BCUT2D eigenvalue weighted by Crippen LogP contribution is 2.44. The van der Waals surface area contributed by atoms with Crippen molar-refractivity contribution in [1.29, 1.82) is 0 Å². The monoisotopic (exact) mass is 449 g/mol. The number of hydrogen-bond acceptors (Lipinski definition) is 5. The van der Waals surface area contributed by atoms with E-state index in [1.54, 1.807) is 14.2 Å². The zero-order valence-corrected chi connectivity index (χ0v) is 19.7. The maximum absolute atomic E-state index is 13.4. The molecule has 0 bridgehead atoms. The van der Waals surface area contributed by atoms with Gasteiger partial charge in [0.05, 0.1) is 25.5 Å². The molecule has 1 aliphatic rings. The number of aryl methyl sites for hydroxylation is 1. The molecule has 1 aromatic heterocycles. The van der Waals surface area contributed by atoms with Crippen molar-refractivity contribution in [2.75, 3.05) is 34.0 Å². The maximum atomic E-state index is 13.4. The maximum Gasteiger partial charge on any atom is 0.273 e. The summed E-state index contributed by atoms with van der Waals surface area (Å²) in [4.78, 5) is 15.3. The third kappa shape index (κ3) is 4.46. The molecule has 1 atom stereocenters. The number of aromatic nitrogens is 2. The summed E-state index contributed by atoms with van der Waals surface area (Å²) >= 11 is 0. The molecule has 0 spiro atoms. The molecule has 0 aliphatic carbocycles. The predicted molar refractivity (Wildman–Crippen MR) is 127 cm³/mol. The molecule has 174 valence electrons. The number of fused-ring (bicyclic) bond motifs is 1. The average Bonchev–Trinajstić information content (AvgIpc) is 3.37. The molecule has 0 fully saturated rings. The predicted octanol–water partition coefficient (Wildman–Crippen LogP) is 4.76. The first-order valence-corrected chi connectivity index (χ1v) is 11.3. The van der Waals surface area contributed by atoms with E-state index < -0.39 is 0 Å². The summed E-state index contributed by atoms with van der Waals surface area (Å²) < 4.78 is 16.7. The Labute approximate surface area is 194 Å². The number of carbonyl (C=O) groups is 1. The summed E-state index contributed by atoms with van der Waals surface area (Å²) in [6.45, 7) is 5.89. The van der Waals surface area contributed by atoms with E-state index in [0.29, 0.717) is 37.0 Å². The fraction of sp³-hybridized carbons (Fsp3) is 0.385. The summed E-state index contributed by atoms with van der Waals surface area (Å²) in [6.07, 6.45) is 1.65. The second-order valence-corrected chi connectivity index (χ2v) is 8.23. The highest BCUT2D eigenvalue weighted by Gasteiger charge is 2.42. The summed E-state index contributed by atoms with van der Waals surface area (Å²) in [5, 5.41) is 7.55. The number of ether oxygens (including phenoxy) is 3. The number of carbonyl (C=O) groups excluding carboxylic acids is 1. The Hall–Kier alpha value is -3.32. The molecule has 2 heterocycles. The molecule has 33 heavy (non-hydrogen) atoms. The minimum Gasteiger partial charge on any atom is -0.493 e. The fourth-order valence-corrected chi connectivity index (χ4v) is 4.27. The van der Waals surface area contributed by atoms with Gasteiger partial charge in [0, 0.05) is 31.4 Å². The minimum atomic E-state index is -0.284. The number of amides is 1. The van der Waals surface area contributed by atoms with E-state index in [-0.39, 0.29) is 11.9 Å². The molecule has 0 saturated carbocycles. The standard InChI is InChI=1S/C26H31N3O4/c1-5-14-33-20-12-11-19(16-21(20)32-4)25-22-23(18-9-7-17(2)8-10-18)27-28-24(22)26(30)29(25)13-6-15-31-3/h7-12,16,25H,5-6,13-15H2,1-4H3,(H,27,28). The number of rotatable bonds is 10. The first-order valence-electron chi connectivity index (χ1n) is 11.3. The molecule has 7 nitrogen and oxygen atoms in total. The molecule has 0 saturated heterocycles. The minimum absolute atomic E-state index is 0.0535. The quantitative estimate of drug-likeness (QED) is 0.452. The van der Waals surface area contributed by atoms with Crippen LogP contribution in [0.2, 0.25) is 0 Å². The van der Waals surface area contributed by atoms with E-state index in [0.717, 1.165) is 35.2 Å². The van der Waals surface area contributed by atoms with Gasteiger partial charge in [0.1, 0.15) is 5.69 Å². The lowest BCUT2D eigenvalue weighted by molar-refractivity contribution is 0.0723. The van der Waals surface area contributed by atoms with Crippen molar-refractivity contribution < 1.29 is 19.0 Å². The van der Waals surface area contributed by atoms with Crippen molar-refractivity contribution in [2.24, 2.45) is 0 Å². The van der Waals surface area contributed by atoms with Crippen molar-refractivity contribution >= 4 is 5.91 Å². The van der Waals surface area contributed by atoms with Crippen LogP contribution < -0.4 is 9.47 Å². The van der Waals surface area contributed by atoms with Gasteiger partial charge in [-0.1, -0.05) is 42.8 Å². The molecule has 4 rings (SSSR count). The highest BCUT2D eigenvalue weighted by molar-refractivity contribution is 6.00. The van der Waals surface area contributed by atoms with Crippen LogP contribution >= 0.6 is 0 Å². The lowest BCUT2D eigenvalue weighted by Crippen LogP contribution is -2.31. The van der Waals surface area contributed by atoms with Crippen LogP contribution in [0.5, 0.6) is 11.5 Å². The van der Waals surface area contributed by atoms with Gasteiger partial charge in [0.15, 0.2) is 11.5 Å². The molecule has 1 N–H and O–H groups in total. The SMILES string of the molecule is CCCOc1ccc(C2c3c(-c4ccc(C)cc4)n[nH]c3C(=O)N2CCCOC)cc1OC. The third-order valence-electron chi connectivity index (χ3n) is 5.90. The van der Waals surface area contributed by atoms with Crippen LogP contribution in [0.25, 0.3) is 11.3 Å². The summed E-state index contributed by atoms with van der Waals surface area (Å²) in [7, 11) is 3.31. The average molecular weight is 450 g/mol. The molecule has 3 aromatic rings. The number of nitrogens with one attached hydrogen (secondary N) is 1. The number of nitrogens with zero attached hydrogens (tertiary/aromatic N) is 2. The Bertz CT molecular complexity index is 1110. The van der Waals surface area contributed by atoms with Crippen molar-refractivity contribution in [2.45, 2.75) is 32.7 Å². The van der Waals surface area contributed by atoms with Crippen LogP contribution in [-0.2, 0) is 4.74 Å². The number of hydrogen-bond donors (Lipinski definition) is 1. The van der Waals surface area contributed by atoms with Crippen LogP contribution in [0, 0.1) is 6.92 Å². The number of benzene rings is 2. The number of methoxy groups -OCH3 is 2. The van der Waals surface area contributed by atoms with Crippen LogP contribution in [0.4, 0.5) is 0 Å². The zero-order chi connectivity index (χ0) is 23.4. The summed E-state index contributed by atoms with van der Waals surface area (Å²) in [5.41, 5.74) is 5.33. The van der Waals surface area contributed by atoms with E-state index in [1.165, 1.54) is 5.56 Å². The molecule has 7 heteroatoms. The van der Waals surface area contributed by atoms with Gasteiger partial charge < -0.3 is 19.1 Å². The van der Waals surface area contributed by atoms with Crippen molar-refractivity contribution in [1.82, 2.24) is 15.1 Å². The Morgan fingerprint density at radius 3 is 2.55 bits per heavy atom. The molecule has 2 aromatic carbocycles. The second kappa shape index (κ2) is 10.1. The van der Waals surface area contributed by atoms with Gasteiger partial charge in [-0.2, -0.15) is 5.10 Å². The number of H-pyrrole nitrogens is 1. The van der Waals surface area contributed by atoms with Crippen molar-refractivity contribution in [3.05, 3.63) is 64.8 Å². The van der Waals surface area contributed by atoms with Gasteiger partial charge in [0.25, 0.3) is 5.91 Å². The Morgan fingerprint density at radius 2 is 1.85 bits per heavy atom. The molecular formula is C26H31N3O4. The van der Waals surface area contributed by atoms with Gasteiger partial charge in [-0.15, -0.1) is 0 Å². The number of aromatic amines is 1. The van der Waals surface area contributed by atoms with E-state index in [9.17, 15) is 4.79 Å².